The second kappa shape index (κ2) is 5.69. The fourth-order valence-corrected chi connectivity index (χ4v) is 1.80. The van der Waals surface area contributed by atoms with Crippen molar-refractivity contribution < 1.29 is 4.79 Å². The van der Waals surface area contributed by atoms with Crippen LogP contribution in [0.5, 0.6) is 0 Å². The minimum Gasteiger partial charge on any atom is -0.352 e. The first-order valence-electron chi connectivity index (χ1n) is 6.30. The lowest BCUT2D eigenvalue weighted by atomic mass is 10.2. The highest BCUT2D eigenvalue weighted by molar-refractivity contribution is 5.75. The molecule has 1 amide bonds. The van der Waals surface area contributed by atoms with Crippen molar-refractivity contribution in [2.75, 3.05) is 0 Å². The average molecular weight is 261 g/mol. The van der Waals surface area contributed by atoms with E-state index >= 15 is 0 Å². The highest BCUT2D eigenvalue weighted by Gasteiger charge is 2.06. The Bertz CT molecular complexity index is 569. The van der Waals surface area contributed by atoms with E-state index in [0.29, 0.717) is 19.5 Å². The van der Waals surface area contributed by atoms with Crippen LogP contribution in [0.1, 0.15) is 23.4 Å². The Labute approximate surface area is 112 Å². The van der Waals surface area contributed by atoms with Gasteiger partial charge in [-0.15, -0.1) is 0 Å². The third-order valence-electron chi connectivity index (χ3n) is 3.15. The number of nitrogens with one attached hydrogen (secondary N) is 1. The summed E-state index contributed by atoms with van der Waals surface area (Å²) in [5.74, 6) is 0.0245. The van der Waals surface area contributed by atoms with Gasteiger partial charge in [0.05, 0.1) is 11.9 Å². The van der Waals surface area contributed by atoms with E-state index in [1.165, 1.54) is 0 Å². The molecule has 2 aromatic heterocycles. The summed E-state index contributed by atoms with van der Waals surface area (Å²) in [6, 6.07) is 1.93. The number of amides is 1. The molecular formula is C13H19N5O. The predicted molar refractivity (Wildman–Crippen MR) is 71.4 cm³/mol. The Hall–Kier alpha value is -2.11. The molecule has 19 heavy (non-hydrogen) atoms. The fourth-order valence-electron chi connectivity index (χ4n) is 1.80. The summed E-state index contributed by atoms with van der Waals surface area (Å²) in [4.78, 5) is 11.7. The summed E-state index contributed by atoms with van der Waals surface area (Å²) in [6.07, 6.45) is 4.10. The summed E-state index contributed by atoms with van der Waals surface area (Å²) in [7, 11) is 1.89. The molecule has 0 aliphatic heterocycles. The first-order valence-corrected chi connectivity index (χ1v) is 6.30. The molecule has 0 saturated heterocycles. The van der Waals surface area contributed by atoms with Crippen LogP contribution in [0, 0.1) is 13.8 Å². The van der Waals surface area contributed by atoms with Gasteiger partial charge in [0.2, 0.25) is 5.91 Å². The van der Waals surface area contributed by atoms with E-state index in [-0.39, 0.29) is 5.91 Å². The summed E-state index contributed by atoms with van der Waals surface area (Å²) in [6.45, 7) is 5.05. The Morgan fingerprint density at radius 1 is 1.42 bits per heavy atom. The monoisotopic (exact) mass is 261 g/mol. The second-order valence-electron chi connectivity index (χ2n) is 4.63. The van der Waals surface area contributed by atoms with Crippen LogP contribution in [-0.4, -0.2) is 25.5 Å². The summed E-state index contributed by atoms with van der Waals surface area (Å²) < 4.78 is 3.58. The average Bonchev–Trinajstić information content (AvgIpc) is 2.93. The van der Waals surface area contributed by atoms with Gasteiger partial charge >= 0.3 is 0 Å². The Morgan fingerprint density at radius 2 is 2.21 bits per heavy atom. The van der Waals surface area contributed by atoms with Crippen molar-refractivity contribution in [2.45, 2.75) is 33.4 Å². The molecule has 2 rings (SSSR count). The molecule has 6 nitrogen and oxygen atoms in total. The van der Waals surface area contributed by atoms with E-state index in [9.17, 15) is 4.79 Å². The Kier molecular flexibility index (Phi) is 3.99. The second-order valence-corrected chi connectivity index (χ2v) is 4.63. The van der Waals surface area contributed by atoms with E-state index in [0.717, 1.165) is 17.0 Å². The number of hydrogen-bond acceptors (Lipinski definition) is 3. The standard InChI is InChI=1S/C13H19N5O/c1-10-4-6-18(16-10)7-5-13(19)14-8-12-9-15-17(3)11(12)2/h4,6,9H,5,7-8H2,1-3H3,(H,14,19). The van der Waals surface area contributed by atoms with Gasteiger partial charge in [-0.3, -0.25) is 14.2 Å². The maximum Gasteiger partial charge on any atom is 0.222 e. The molecule has 0 fully saturated rings. The molecule has 0 aromatic carbocycles. The normalized spacial score (nSPS) is 10.7. The van der Waals surface area contributed by atoms with Crippen LogP contribution in [0.25, 0.3) is 0 Å². The molecule has 0 unspecified atom stereocenters. The van der Waals surface area contributed by atoms with Crippen LogP contribution >= 0.6 is 0 Å². The topological polar surface area (TPSA) is 64.7 Å². The lowest BCUT2D eigenvalue weighted by molar-refractivity contribution is -0.121. The molecule has 0 aliphatic carbocycles. The lowest BCUT2D eigenvalue weighted by Crippen LogP contribution is -2.24. The van der Waals surface area contributed by atoms with Crippen molar-refractivity contribution in [3.63, 3.8) is 0 Å². The van der Waals surface area contributed by atoms with Crippen LogP contribution in [0.15, 0.2) is 18.5 Å². The number of aryl methyl sites for hydroxylation is 3. The summed E-state index contributed by atoms with van der Waals surface area (Å²) in [5.41, 5.74) is 3.08. The zero-order valence-electron chi connectivity index (χ0n) is 11.6. The molecule has 0 radical (unpaired) electrons. The van der Waals surface area contributed by atoms with Crippen molar-refractivity contribution in [2.24, 2.45) is 7.05 Å². The van der Waals surface area contributed by atoms with Crippen LogP contribution in [0.2, 0.25) is 0 Å². The Balaban J connectivity index is 1.77. The number of hydrogen-bond donors (Lipinski definition) is 1. The van der Waals surface area contributed by atoms with Gasteiger partial charge in [-0.2, -0.15) is 10.2 Å². The number of carbonyl (C=O) groups is 1. The maximum atomic E-state index is 11.7. The van der Waals surface area contributed by atoms with E-state index in [2.05, 4.69) is 15.5 Å². The van der Waals surface area contributed by atoms with Crippen LogP contribution in [0.3, 0.4) is 0 Å². The predicted octanol–water partition coefficient (Wildman–Crippen LogP) is 0.940. The third-order valence-corrected chi connectivity index (χ3v) is 3.15. The molecule has 2 aromatic rings. The van der Waals surface area contributed by atoms with Gasteiger partial charge in [-0.1, -0.05) is 0 Å². The molecule has 0 aliphatic rings. The molecular weight excluding hydrogens is 242 g/mol. The van der Waals surface area contributed by atoms with E-state index < -0.39 is 0 Å². The van der Waals surface area contributed by atoms with Crippen molar-refractivity contribution in [3.05, 3.63) is 35.4 Å². The zero-order valence-corrected chi connectivity index (χ0v) is 11.6. The zero-order chi connectivity index (χ0) is 13.8. The van der Waals surface area contributed by atoms with Gasteiger partial charge in [0.25, 0.3) is 0 Å². The van der Waals surface area contributed by atoms with E-state index in [4.69, 9.17) is 0 Å². The quantitative estimate of drug-likeness (QED) is 0.871. The largest absolute Gasteiger partial charge is 0.352 e. The van der Waals surface area contributed by atoms with Gasteiger partial charge in [0, 0.05) is 44.0 Å². The Morgan fingerprint density at radius 3 is 2.79 bits per heavy atom. The number of rotatable bonds is 5. The van der Waals surface area contributed by atoms with Gasteiger partial charge in [0.1, 0.15) is 0 Å². The van der Waals surface area contributed by atoms with Crippen LogP contribution in [-0.2, 0) is 24.9 Å². The summed E-state index contributed by atoms with van der Waals surface area (Å²) >= 11 is 0. The molecule has 6 heteroatoms. The molecule has 102 valence electrons. The van der Waals surface area contributed by atoms with Gasteiger partial charge in [0.15, 0.2) is 0 Å². The van der Waals surface area contributed by atoms with Crippen molar-refractivity contribution >= 4 is 5.91 Å². The fraction of sp³-hybridized carbons (Fsp3) is 0.462. The first-order chi connectivity index (χ1) is 9.06. The summed E-state index contributed by atoms with van der Waals surface area (Å²) in [5, 5.41) is 11.3. The molecule has 1 N–H and O–H groups in total. The van der Waals surface area contributed by atoms with Gasteiger partial charge in [-0.25, -0.2) is 0 Å². The molecule has 0 saturated carbocycles. The molecule has 0 atom stereocenters. The highest BCUT2D eigenvalue weighted by Crippen LogP contribution is 2.04. The van der Waals surface area contributed by atoms with E-state index in [1.807, 2.05) is 33.2 Å². The van der Waals surface area contributed by atoms with Crippen LogP contribution in [0.4, 0.5) is 0 Å². The van der Waals surface area contributed by atoms with Crippen molar-refractivity contribution in [1.29, 1.82) is 0 Å². The minimum atomic E-state index is 0.0245. The van der Waals surface area contributed by atoms with Crippen molar-refractivity contribution in [1.82, 2.24) is 24.9 Å². The van der Waals surface area contributed by atoms with Crippen LogP contribution < -0.4 is 5.32 Å². The van der Waals surface area contributed by atoms with Gasteiger partial charge in [-0.05, 0) is 19.9 Å². The van der Waals surface area contributed by atoms with Crippen molar-refractivity contribution in [3.8, 4) is 0 Å². The number of nitrogens with zero attached hydrogens (tertiary/aromatic N) is 4. The maximum absolute atomic E-state index is 11.7. The third kappa shape index (κ3) is 3.43. The van der Waals surface area contributed by atoms with E-state index in [1.54, 1.807) is 15.6 Å². The number of aromatic nitrogens is 4. The van der Waals surface area contributed by atoms with Gasteiger partial charge < -0.3 is 5.32 Å². The molecule has 0 spiro atoms. The molecule has 2 heterocycles. The number of carbonyl (C=O) groups excluding carboxylic acids is 1. The SMILES string of the molecule is Cc1ccn(CCC(=O)NCc2cnn(C)c2C)n1. The smallest absolute Gasteiger partial charge is 0.222 e. The minimum absolute atomic E-state index is 0.0245. The first kappa shape index (κ1) is 13.3. The highest BCUT2D eigenvalue weighted by atomic mass is 16.1. The molecule has 0 bridgehead atoms. The lowest BCUT2D eigenvalue weighted by Gasteiger charge is -2.05.